The van der Waals surface area contributed by atoms with Crippen molar-refractivity contribution in [3.63, 3.8) is 0 Å². The lowest BCUT2D eigenvalue weighted by molar-refractivity contribution is -0.133. The summed E-state index contributed by atoms with van der Waals surface area (Å²) in [5.74, 6) is 0.512. The maximum absolute atomic E-state index is 13.3. The van der Waals surface area contributed by atoms with Crippen molar-refractivity contribution in [2.45, 2.75) is 89.8 Å². The van der Waals surface area contributed by atoms with Gasteiger partial charge in [0, 0.05) is 29.8 Å². The first-order valence-corrected chi connectivity index (χ1v) is 12.1. The number of nitrogens with zero attached hydrogens (tertiary/aromatic N) is 2. The zero-order valence-electron chi connectivity index (χ0n) is 20.6. The average Bonchev–Trinajstić information content (AvgIpc) is 3.07. The number of hydrogen-bond acceptors (Lipinski definition) is 4. The predicted molar refractivity (Wildman–Crippen MR) is 128 cm³/mol. The number of nitrogens with one attached hydrogen (secondary N) is 1. The number of amides is 2. The second-order valence-electron chi connectivity index (χ2n) is 10.9. The van der Waals surface area contributed by atoms with Gasteiger partial charge in [0.2, 0.25) is 5.91 Å². The molecule has 1 saturated carbocycles. The number of rotatable bonds is 6. The third kappa shape index (κ3) is 5.28. The molecule has 32 heavy (non-hydrogen) atoms. The second kappa shape index (κ2) is 9.82. The SMILES string of the molecule is CCC[C@H]1C[C@H](N(C)C)CC[C@@H]1N1CC[C@H](NC(=O)c2ccc(O)c(C(C)(C)C)c2)C1=O. The number of hydrogen-bond donors (Lipinski definition) is 2. The molecular formula is C26H41N3O3. The van der Waals surface area contributed by atoms with Crippen LogP contribution in [0.25, 0.3) is 0 Å². The minimum absolute atomic E-state index is 0.0579. The molecule has 178 valence electrons. The first-order valence-electron chi connectivity index (χ1n) is 12.1. The van der Waals surface area contributed by atoms with Gasteiger partial charge < -0.3 is 20.2 Å². The van der Waals surface area contributed by atoms with Crippen LogP contribution in [0, 0.1) is 5.92 Å². The fourth-order valence-corrected chi connectivity index (χ4v) is 5.47. The second-order valence-corrected chi connectivity index (χ2v) is 10.9. The summed E-state index contributed by atoms with van der Waals surface area (Å²) < 4.78 is 0. The highest BCUT2D eigenvalue weighted by Gasteiger charge is 2.42. The summed E-state index contributed by atoms with van der Waals surface area (Å²) in [5.41, 5.74) is 0.930. The van der Waals surface area contributed by atoms with Gasteiger partial charge in [-0.15, -0.1) is 0 Å². The van der Waals surface area contributed by atoms with E-state index >= 15 is 0 Å². The minimum atomic E-state index is -0.469. The monoisotopic (exact) mass is 443 g/mol. The van der Waals surface area contributed by atoms with Crippen molar-refractivity contribution < 1.29 is 14.7 Å². The predicted octanol–water partition coefficient (Wildman–Crippen LogP) is 3.92. The summed E-state index contributed by atoms with van der Waals surface area (Å²) in [4.78, 5) is 30.6. The highest BCUT2D eigenvalue weighted by molar-refractivity contribution is 5.98. The topological polar surface area (TPSA) is 72.9 Å². The number of carbonyl (C=O) groups excluding carboxylic acids is 2. The zero-order chi connectivity index (χ0) is 23.6. The van der Waals surface area contributed by atoms with E-state index in [9.17, 15) is 14.7 Å². The van der Waals surface area contributed by atoms with Gasteiger partial charge in [0.15, 0.2) is 0 Å². The molecule has 3 rings (SSSR count). The quantitative estimate of drug-likeness (QED) is 0.699. The summed E-state index contributed by atoms with van der Waals surface area (Å²) in [6.07, 6.45) is 6.20. The van der Waals surface area contributed by atoms with Gasteiger partial charge in [-0.1, -0.05) is 34.1 Å². The lowest BCUT2D eigenvalue weighted by Gasteiger charge is -2.43. The molecule has 1 aromatic carbocycles. The molecule has 2 aliphatic rings. The number of carbonyl (C=O) groups is 2. The van der Waals surface area contributed by atoms with Gasteiger partial charge in [-0.25, -0.2) is 0 Å². The van der Waals surface area contributed by atoms with Crippen molar-refractivity contribution in [2.75, 3.05) is 20.6 Å². The molecule has 2 amide bonds. The summed E-state index contributed by atoms with van der Waals surface area (Å²) >= 11 is 0. The Morgan fingerprint density at radius 1 is 1.22 bits per heavy atom. The fraction of sp³-hybridized carbons (Fsp3) is 0.692. The van der Waals surface area contributed by atoms with E-state index in [4.69, 9.17) is 0 Å². The van der Waals surface area contributed by atoms with Gasteiger partial charge in [0.1, 0.15) is 11.8 Å². The number of likely N-dealkylation sites (tertiary alicyclic amines) is 1. The Kier molecular flexibility index (Phi) is 7.53. The van der Waals surface area contributed by atoms with E-state index in [0.717, 1.165) is 37.7 Å². The standard InChI is InChI=1S/C26H41N3O3/c1-7-8-17-15-19(28(5)6)10-11-22(17)29-14-13-21(25(29)32)27-24(31)18-9-12-23(30)20(16-18)26(2,3)4/h9,12,16-17,19,21-22,30H,7-8,10-11,13-15H2,1-6H3,(H,27,31)/t17-,19+,21-,22-/m0/s1. The molecule has 1 aliphatic heterocycles. The van der Waals surface area contributed by atoms with Crippen LogP contribution in [0.1, 0.15) is 82.1 Å². The fourth-order valence-electron chi connectivity index (χ4n) is 5.47. The summed E-state index contributed by atoms with van der Waals surface area (Å²) in [7, 11) is 4.30. The van der Waals surface area contributed by atoms with Crippen molar-refractivity contribution in [3.8, 4) is 5.75 Å². The first-order chi connectivity index (χ1) is 15.0. The van der Waals surface area contributed by atoms with Crippen molar-refractivity contribution in [2.24, 2.45) is 5.92 Å². The van der Waals surface area contributed by atoms with Crippen LogP contribution in [0.15, 0.2) is 18.2 Å². The molecule has 0 spiro atoms. The third-order valence-electron chi connectivity index (χ3n) is 7.32. The van der Waals surface area contributed by atoms with Crippen LogP contribution in [-0.4, -0.2) is 65.5 Å². The number of benzene rings is 1. The Labute approximate surface area is 193 Å². The summed E-state index contributed by atoms with van der Waals surface area (Å²) in [5, 5.41) is 13.1. The Bertz CT molecular complexity index is 830. The van der Waals surface area contributed by atoms with E-state index < -0.39 is 6.04 Å². The van der Waals surface area contributed by atoms with Gasteiger partial charge >= 0.3 is 0 Å². The molecule has 4 atom stereocenters. The Balaban J connectivity index is 1.68. The van der Waals surface area contributed by atoms with Gasteiger partial charge in [0.05, 0.1) is 0 Å². The van der Waals surface area contributed by atoms with Crippen LogP contribution in [0.5, 0.6) is 5.75 Å². The van der Waals surface area contributed by atoms with E-state index in [1.807, 2.05) is 20.8 Å². The van der Waals surface area contributed by atoms with Crippen LogP contribution in [0.2, 0.25) is 0 Å². The van der Waals surface area contributed by atoms with E-state index in [0.29, 0.717) is 30.5 Å². The molecule has 6 heteroatoms. The molecule has 0 unspecified atom stereocenters. The zero-order valence-corrected chi connectivity index (χ0v) is 20.6. The Morgan fingerprint density at radius 2 is 1.94 bits per heavy atom. The van der Waals surface area contributed by atoms with Crippen LogP contribution in [-0.2, 0) is 10.2 Å². The average molecular weight is 444 g/mol. The third-order valence-corrected chi connectivity index (χ3v) is 7.32. The Hall–Kier alpha value is -2.08. The number of phenolic OH excluding ortho intramolecular Hbond substituents is 1. The molecule has 1 heterocycles. The Morgan fingerprint density at radius 3 is 2.56 bits per heavy atom. The van der Waals surface area contributed by atoms with Crippen LogP contribution in [0.4, 0.5) is 0 Å². The molecule has 6 nitrogen and oxygen atoms in total. The molecule has 1 aliphatic carbocycles. The molecule has 1 saturated heterocycles. The van der Waals surface area contributed by atoms with Crippen molar-refractivity contribution >= 4 is 11.8 Å². The number of phenols is 1. The van der Waals surface area contributed by atoms with Crippen molar-refractivity contribution in [3.05, 3.63) is 29.3 Å². The highest BCUT2D eigenvalue weighted by atomic mass is 16.3. The summed E-state index contributed by atoms with van der Waals surface area (Å²) in [6, 6.07) is 5.32. The molecule has 0 aromatic heterocycles. The van der Waals surface area contributed by atoms with Gasteiger partial charge in [-0.2, -0.15) is 0 Å². The maximum atomic E-state index is 13.3. The lowest BCUT2D eigenvalue weighted by atomic mass is 9.78. The van der Waals surface area contributed by atoms with Gasteiger partial charge in [-0.05, 0) is 75.7 Å². The summed E-state index contributed by atoms with van der Waals surface area (Å²) in [6.45, 7) is 8.93. The molecule has 1 aromatic rings. The van der Waals surface area contributed by atoms with Crippen molar-refractivity contribution in [1.82, 2.24) is 15.1 Å². The molecule has 0 bridgehead atoms. The highest BCUT2D eigenvalue weighted by Crippen LogP contribution is 2.36. The molecular weight excluding hydrogens is 402 g/mol. The smallest absolute Gasteiger partial charge is 0.251 e. The molecule has 2 fully saturated rings. The first kappa shape index (κ1) is 24.6. The van der Waals surface area contributed by atoms with Crippen LogP contribution < -0.4 is 5.32 Å². The van der Waals surface area contributed by atoms with E-state index in [1.54, 1.807) is 18.2 Å². The van der Waals surface area contributed by atoms with Crippen LogP contribution in [0.3, 0.4) is 0 Å². The molecule has 0 radical (unpaired) electrons. The number of aromatic hydroxyl groups is 1. The van der Waals surface area contributed by atoms with Crippen LogP contribution >= 0.6 is 0 Å². The largest absolute Gasteiger partial charge is 0.508 e. The minimum Gasteiger partial charge on any atom is -0.508 e. The lowest BCUT2D eigenvalue weighted by Crippen LogP contribution is -2.50. The maximum Gasteiger partial charge on any atom is 0.251 e. The normalized spacial score (nSPS) is 26.6. The van der Waals surface area contributed by atoms with E-state index in [-0.39, 0.29) is 29.0 Å². The molecule has 2 N–H and O–H groups in total. The van der Waals surface area contributed by atoms with Crippen molar-refractivity contribution in [1.29, 1.82) is 0 Å². The van der Waals surface area contributed by atoms with E-state index in [1.165, 1.54) is 0 Å². The van der Waals surface area contributed by atoms with Gasteiger partial charge in [-0.3, -0.25) is 9.59 Å². The van der Waals surface area contributed by atoms with Gasteiger partial charge in [0.25, 0.3) is 5.91 Å². The van der Waals surface area contributed by atoms with E-state index in [2.05, 4.69) is 36.1 Å².